The van der Waals surface area contributed by atoms with E-state index in [9.17, 15) is 23.3 Å². The summed E-state index contributed by atoms with van der Waals surface area (Å²) in [4.78, 5) is 23.4. The van der Waals surface area contributed by atoms with E-state index in [1.807, 2.05) is 13.0 Å². The van der Waals surface area contributed by atoms with Crippen LogP contribution >= 0.6 is 0 Å². The first-order chi connectivity index (χ1) is 13.0. The molecule has 1 unspecified atom stereocenters. The highest BCUT2D eigenvalue weighted by atomic mass is 32.2. The number of nitro groups is 1. The van der Waals surface area contributed by atoms with Crippen molar-refractivity contribution in [2.75, 3.05) is 15.9 Å². The van der Waals surface area contributed by atoms with Crippen LogP contribution in [0.3, 0.4) is 0 Å². The van der Waals surface area contributed by atoms with Crippen molar-refractivity contribution in [3.8, 4) is 0 Å². The minimum Gasteiger partial charge on any atom is -0.324 e. The standard InChI is InChI=1S/C19H23N3O5S/c1-5-18(21(28(4,26)27)15-8-6-7-13(2)11-15)19(23)20-17-12-16(22(24)25)10-9-14(17)3/h6-12,18H,5H2,1-4H3,(H,20,23). The molecule has 2 aromatic rings. The average molecular weight is 405 g/mol. The molecule has 0 heterocycles. The van der Waals surface area contributed by atoms with Crippen LogP contribution in [-0.2, 0) is 14.8 Å². The molecule has 0 aliphatic carbocycles. The lowest BCUT2D eigenvalue weighted by atomic mass is 10.1. The van der Waals surface area contributed by atoms with Crippen LogP contribution in [-0.4, -0.2) is 31.5 Å². The molecule has 0 saturated carbocycles. The number of nitrogens with zero attached hydrogens (tertiary/aromatic N) is 2. The van der Waals surface area contributed by atoms with E-state index >= 15 is 0 Å². The maximum absolute atomic E-state index is 12.9. The molecule has 2 aromatic carbocycles. The lowest BCUT2D eigenvalue weighted by Crippen LogP contribution is -2.47. The molecule has 0 aliphatic heterocycles. The number of hydrogen-bond donors (Lipinski definition) is 1. The zero-order valence-electron chi connectivity index (χ0n) is 16.2. The molecule has 1 N–H and O–H groups in total. The second-order valence-electron chi connectivity index (χ2n) is 6.57. The smallest absolute Gasteiger partial charge is 0.271 e. The number of nitro benzene ring substituents is 1. The van der Waals surface area contributed by atoms with E-state index < -0.39 is 26.9 Å². The Morgan fingerprint density at radius 2 is 1.89 bits per heavy atom. The van der Waals surface area contributed by atoms with Gasteiger partial charge in [-0.1, -0.05) is 25.1 Å². The fourth-order valence-corrected chi connectivity index (χ4v) is 4.10. The molecule has 8 nitrogen and oxygen atoms in total. The fraction of sp³-hybridized carbons (Fsp3) is 0.316. The van der Waals surface area contributed by atoms with Gasteiger partial charge in [-0.15, -0.1) is 0 Å². The topological polar surface area (TPSA) is 110 Å². The number of aryl methyl sites for hydroxylation is 2. The number of amides is 1. The Balaban J connectivity index is 2.43. The van der Waals surface area contributed by atoms with Crippen LogP contribution in [0, 0.1) is 24.0 Å². The van der Waals surface area contributed by atoms with Gasteiger partial charge in [-0.3, -0.25) is 19.2 Å². The molecule has 0 spiro atoms. The van der Waals surface area contributed by atoms with Crippen LogP contribution in [0.25, 0.3) is 0 Å². The summed E-state index contributed by atoms with van der Waals surface area (Å²) in [6.45, 7) is 5.24. The minimum atomic E-state index is -3.75. The van der Waals surface area contributed by atoms with Gasteiger partial charge in [-0.05, 0) is 43.5 Å². The Bertz CT molecular complexity index is 1000. The van der Waals surface area contributed by atoms with Gasteiger partial charge in [0, 0.05) is 12.1 Å². The first-order valence-electron chi connectivity index (χ1n) is 8.66. The number of non-ortho nitro benzene ring substituents is 1. The van der Waals surface area contributed by atoms with E-state index in [0.29, 0.717) is 11.3 Å². The molecule has 9 heteroatoms. The van der Waals surface area contributed by atoms with E-state index in [-0.39, 0.29) is 17.8 Å². The number of hydrogen-bond acceptors (Lipinski definition) is 5. The number of carbonyl (C=O) groups excluding carboxylic acids is 1. The second kappa shape index (κ2) is 8.39. The van der Waals surface area contributed by atoms with Gasteiger partial charge in [-0.25, -0.2) is 8.42 Å². The molecule has 0 saturated heterocycles. The van der Waals surface area contributed by atoms with Gasteiger partial charge in [0.15, 0.2) is 0 Å². The van der Waals surface area contributed by atoms with Gasteiger partial charge >= 0.3 is 0 Å². The van der Waals surface area contributed by atoms with Gasteiger partial charge in [-0.2, -0.15) is 0 Å². The monoisotopic (exact) mass is 405 g/mol. The third-order valence-electron chi connectivity index (χ3n) is 4.28. The van der Waals surface area contributed by atoms with Crippen LogP contribution in [0.15, 0.2) is 42.5 Å². The maximum atomic E-state index is 12.9. The number of sulfonamides is 1. The van der Waals surface area contributed by atoms with Gasteiger partial charge < -0.3 is 5.32 Å². The Morgan fingerprint density at radius 3 is 2.43 bits per heavy atom. The van der Waals surface area contributed by atoms with E-state index in [1.165, 1.54) is 18.2 Å². The number of rotatable bonds is 7. The largest absolute Gasteiger partial charge is 0.324 e. The lowest BCUT2D eigenvalue weighted by Gasteiger charge is -2.30. The van der Waals surface area contributed by atoms with Crippen LogP contribution in [0.1, 0.15) is 24.5 Å². The molecule has 0 fully saturated rings. The number of carbonyl (C=O) groups is 1. The summed E-state index contributed by atoms with van der Waals surface area (Å²) in [5, 5.41) is 13.6. The van der Waals surface area contributed by atoms with Gasteiger partial charge in [0.25, 0.3) is 5.69 Å². The third kappa shape index (κ3) is 4.86. The van der Waals surface area contributed by atoms with Crippen molar-refractivity contribution in [3.05, 3.63) is 63.7 Å². The van der Waals surface area contributed by atoms with Gasteiger partial charge in [0.1, 0.15) is 6.04 Å². The highest BCUT2D eigenvalue weighted by Crippen LogP contribution is 2.26. The summed E-state index contributed by atoms with van der Waals surface area (Å²) in [6, 6.07) is 10.0. The second-order valence-corrected chi connectivity index (χ2v) is 8.43. The number of nitrogens with one attached hydrogen (secondary N) is 1. The normalized spacial score (nSPS) is 12.3. The van der Waals surface area contributed by atoms with Crippen molar-refractivity contribution in [2.45, 2.75) is 33.2 Å². The van der Waals surface area contributed by atoms with E-state index in [1.54, 1.807) is 32.0 Å². The van der Waals surface area contributed by atoms with Crippen LogP contribution < -0.4 is 9.62 Å². The minimum absolute atomic E-state index is 0.160. The van der Waals surface area contributed by atoms with Crippen LogP contribution in [0.5, 0.6) is 0 Å². The summed E-state index contributed by atoms with van der Waals surface area (Å²) >= 11 is 0. The molecule has 0 aliphatic rings. The zero-order valence-corrected chi connectivity index (χ0v) is 17.0. The first kappa shape index (κ1) is 21.4. The quantitative estimate of drug-likeness (QED) is 0.561. The van der Waals surface area contributed by atoms with Gasteiger partial charge in [0.2, 0.25) is 15.9 Å². The Morgan fingerprint density at radius 1 is 1.21 bits per heavy atom. The maximum Gasteiger partial charge on any atom is 0.271 e. The molecule has 150 valence electrons. The summed E-state index contributed by atoms with van der Waals surface area (Å²) in [6.07, 6.45) is 1.27. The Kier molecular flexibility index (Phi) is 6.40. The Labute approximate surface area is 164 Å². The molecular weight excluding hydrogens is 382 g/mol. The summed E-state index contributed by atoms with van der Waals surface area (Å²) in [5.74, 6) is -0.557. The number of anilines is 2. The van der Waals surface area contributed by atoms with Crippen molar-refractivity contribution in [1.82, 2.24) is 0 Å². The van der Waals surface area contributed by atoms with Gasteiger partial charge in [0.05, 0.1) is 22.6 Å². The third-order valence-corrected chi connectivity index (χ3v) is 5.46. The van der Waals surface area contributed by atoms with Crippen molar-refractivity contribution < 1.29 is 18.1 Å². The molecule has 0 aromatic heterocycles. The predicted molar refractivity (Wildman–Crippen MR) is 109 cm³/mol. The van der Waals surface area contributed by atoms with E-state index in [4.69, 9.17) is 0 Å². The molecule has 0 radical (unpaired) electrons. The fourth-order valence-electron chi connectivity index (χ4n) is 2.90. The van der Waals surface area contributed by atoms with E-state index in [2.05, 4.69) is 5.32 Å². The molecular formula is C19H23N3O5S. The van der Waals surface area contributed by atoms with Crippen LogP contribution in [0.2, 0.25) is 0 Å². The zero-order chi connectivity index (χ0) is 21.1. The summed E-state index contributed by atoms with van der Waals surface area (Å²) in [5.41, 5.74) is 1.99. The highest BCUT2D eigenvalue weighted by molar-refractivity contribution is 7.92. The lowest BCUT2D eigenvalue weighted by molar-refractivity contribution is -0.384. The SMILES string of the molecule is CCC(C(=O)Nc1cc([N+](=O)[O-])ccc1C)N(c1cccc(C)c1)S(C)(=O)=O. The highest BCUT2D eigenvalue weighted by Gasteiger charge is 2.32. The summed E-state index contributed by atoms with van der Waals surface area (Å²) in [7, 11) is -3.75. The first-order valence-corrected chi connectivity index (χ1v) is 10.5. The molecule has 1 amide bonds. The van der Waals surface area contributed by atoms with E-state index in [0.717, 1.165) is 16.1 Å². The van der Waals surface area contributed by atoms with Crippen molar-refractivity contribution >= 4 is 33.0 Å². The average Bonchev–Trinajstić information content (AvgIpc) is 2.59. The summed E-state index contributed by atoms with van der Waals surface area (Å²) < 4.78 is 26.0. The van der Waals surface area contributed by atoms with Crippen molar-refractivity contribution in [3.63, 3.8) is 0 Å². The van der Waals surface area contributed by atoms with Crippen molar-refractivity contribution in [1.29, 1.82) is 0 Å². The predicted octanol–water partition coefficient (Wildman–Crippen LogP) is 3.39. The van der Waals surface area contributed by atoms with Crippen molar-refractivity contribution in [2.24, 2.45) is 0 Å². The van der Waals surface area contributed by atoms with Crippen LogP contribution in [0.4, 0.5) is 17.1 Å². The number of benzene rings is 2. The molecule has 28 heavy (non-hydrogen) atoms. The Hall–Kier alpha value is -2.94. The molecule has 1 atom stereocenters. The molecule has 2 rings (SSSR count). The molecule has 0 bridgehead atoms.